The van der Waals surface area contributed by atoms with Gasteiger partial charge in [0.05, 0.1) is 32.0 Å². The second-order valence-electron chi connectivity index (χ2n) is 5.30. The minimum atomic E-state index is -0.404. The third-order valence-electron chi connectivity index (χ3n) is 2.69. The molecule has 6 nitrogen and oxygen atoms in total. The van der Waals surface area contributed by atoms with Gasteiger partial charge in [-0.2, -0.15) is 0 Å². The van der Waals surface area contributed by atoms with Crippen LogP contribution in [0.25, 0.3) is 0 Å². The van der Waals surface area contributed by atoms with Gasteiger partial charge in [0, 0.05) is 19.1 Å². The van der Waals surface area contributed by atoms with Gasteiger partial charge in [0.2, 0.25) is 0 Å². The number of esters is 1. The van der Waals surface area contributed by atoms with Crippen molar-refractivity contribution in [2.75, 3.05) is 33.5 Å². The summed E-state index contributed by atoms with van der Waals surface area (Å²) < 4.78 is 26.8. The summed E-state index contributed by atoms with van der Waals surface area (Å²) in [6, 6.07) is 0. The molecule has 0 heterocycles. The fraction of sp³-hybridized carbons (Fsp3) is 0.812. The Balaban J connectivity index is 3.75. The third-order valence-corrected chi connectivity index (χ3v) is 2.69. The van der Waals surface area contributed by atoms with Crippen molar-refractivity contribution in [1.82, 2.24) is 0 Å². The van der Waals surface area contributed by atoms with E-state index in [-0.39, 0.29) is 25.1 Å². The van der Waals surface area contributed by atoms with Gasteiger partial charge in [-0.1, -0.05) is 6.58 Å². The fourth-order valence-corrected chi connectivity index (χ4v) is 1.49. The summed E-state index contributed by atoms with van der Waals surface area (Å²) in [5, 5.41) is 0. The maximum atomic E-state index is 11.1. The van der Waals surface area contributed by atoms with Gasteiger partial charge in [0.25, 0.3) is 0 Å². The second kappa shape index (κ2) is 12.6. The molecule has 0 aromatic heterocycles. The molecule has 6 heteroatoms. The topological polar surface area (TPSA) is 63.2 Å². The van der Waals surface area contributed by atoms with Crippen molar-refractivity contribution in [2.45, 2.75) is 52.6 Å². The van der Waals surface area contributed by atoms with E-state index >= 15 is 0 Å². The molecule has 130 valence electrons. The number of methoxy groups -OCH3 is 1. The van der Waals surface area contributed by atoms with Crippen molar-refractivity contribution in [3.63, 3.8) is 0 Å². The minimum Gasteiger partial charge on any atom is -0.460 e. The van der Waals surface area contributed by atoms with E-state index in [1.165, 1.54) is 0 Å². The predicted octanol–water partition coefficient (Wildman–Crippen LogP) is 2.32. The van der Waals surface area contributed by atoms with Gasteiger partial charge in [0.15, 0.2) is 6.29 Å². The van der Waals surface area contributed by atoms with Gasteiger partial charge in [-0.15, -0.1) is 0 Å². The first-order chi connectivity index (χ1) is 10.4. The molecule has 0 aliphatic rings. The largest absolute Gasteiger partial charge is 0.460 e. The zero-order valence-electron chi connectivity index (χ0n) is 14.4. The average molecular weight is 318 g/mol. The van der Waals surface area contributed by atoms with Crippen LogP contribution in [0.3, 0.4) is 0 Å². The van der Waals surface area contributed by atoms with Gasteiger partial charge in [-0.05, 0) is 27.7 Å². The highest BCUT2D eigenvalue weighted by Crippen LogP contribution is 2.09. The van der Waals surface area contributed by atoms with Gasteiger partial charge in [-0.25, -0.2) is 4.79 Å². The van der Waals surface area contributed by atoms with Gasteiger partial charge in [-0.3, -0.25) is 0 Å². The second-order valence-corrected chi connectivity index (χ2v) is 5.30. The number of hydrogen-bond donors (Lipinski definition) is 0. The standard InChI is InChI=1S/C16H30O6/c1-12(2)16(17)21-10-8-19-7-9-20-15(22-13(3)4)11-14(5)18-6/h13-15H,1,7-11H2,2-6H3. The average Bonchev–Trinajstić information content (AvgIpc) is 2.44. The quantitative estimate of drug-likeness (QED) is 0.225. The molecular formula is C16H30O6. The first-order valence-corrected chi connectivity index (χ1v) is 7.57. The van der Waals surface area contributed by atoms with E-state index in [9.17, 15) is 4.79 Å². The van der Waals surface area contributed by atoms with E-state index in [1.807, 2.05) is 20.8 Å². The summed E-state index contributed by atoms with van der Waals surface area (Å²) in [5.74, 6) is -0.404. The molecule has 0 amide bonds. The van der Waals surface area contributed by atoms with Crippen LogP contribution in [0.2, 0.25) is 0 Å². The van der Waals surface area contributed by atoms with Crippen LogP contribution in [0, 0.1) is 0 Å². The van der Waals surface area contributed by atoms with E-state index in [0.717, 1.165) is 0 Å². The van der Waals surface area contributed by atoms with Crippen molar-refractivity contribution < 1.29 is 28.5 Å². The highest BCUT2D eigenvalue weighted by atomic mass is 16.7. The van der Waals surface area contributed by atoms with Gasteiger partial charge >= 0.3 is 5.97 Å². The van der Waals surface area contributed by atoms with Crippen molar-refractivity contribution >= 4 is 5.97 Å². The molecule has 0 aliphatic heterocycles. The highest BCUT2D eigenvalue weighted by Gasteiger charge is 2.15. The van der Waals surface area contributed by atoms with Crippen LogP contribution < -0.4 is 0 Å². The molecule has 0 aromatic rings. The number of carbonyl (C=O) groups is 1. The first kappa shape index (κ1) is 21.0. The molecule has 0 bridgehead atoms. The van der Waals surface area contributed by atoms with Crippen molar-refractivity contribution in [3.8, 4) is 0 Å². The zero-order valence-corrected chi connectivity index (χ0v) is 14.4. The molecule has 0 N–H and O–H groups in total. The van der Waals surface area contributed by atoms with Crippen LogP contribution in [0.15, 0.2) is 12.2 Å². The van der Waals surface area contributed by atoms with Crippen LogP contribution in [-0.4, -0.2) is 58.0 Å². The Morgan fingerprint density at radius 1 is 1.09 bits per heavy atom. The summed E-state index contributed by atoms with van der Waals surface area (Å²) in [5.41, 5.74) is 0.379. The number of rotatable bonds is 13. The number of ether oxygens (including phenoxy) is 5. The lowest BCUT2D eigenvalue weighted by Crippen LogP contribution is -2.27. The van der Waals surface area contributed by atoms with Crippen molar-refractivity contribution in [1.29, 1.82) is 0 Å². The molecule has 2 atom stereocenters. The monoisotopic (exact) mass is 318 g/mol. The molecule has 22 heavy (non-hydrogen) atoms. The van der Waals surface area contributed by atoms with Crippen LogP contribution in [0.4, 0.5) is 0 Å². The zero-order chi connectivity index (χ0) is 17.0. The van der Waals surface area contributed by atoms with Crippen LogP contribution in [0.1, 0.15) is 34.1 Å². The third kappa shape index (κ3) is 11.7. The SMILES string of the molecule is C=C(C)C(=O)OCCOCCOC(CC(C)OC)OC(C)C. The Labute approximate surface area is 133 Å². The van der Waals surface area contributed by atoms with Gasteiger partial charge in [0.1, 0.15) is 6.61 Å². The maximum Gasteiger partial charge on any atom is 0.333 e. The molecule has 0 saturated heterocycles. The van der Waals surface area contributed by atoms with E-state index in [1.54, 1.807) is 14.0 Å². The normalized spacial score (nSPS) is 13.9. The Kier molecular flexibility index (Phi) is 12.0. The Hall–Kier alpha value is -0.950. The minimum absolute atomic E-state index is 0.0613. The van der Waals surface area contributed by atoms with E-state index < -0.39 is 5.97 Å². The molecule has 0 saturated carbocycles. The Bertz CT molecular complexity index is 316. The summed E-state index contributed by atoms with van der Waals surface area (Å²) in [6.07, 6.45) is 0.479. The summed E-state index contributed by atoms with van der Waals surface area (Å²) in [6.45, 7) is 12.3. The predicted molar refractivity (Wildman–Crippen MR) is 83.6 cm³/mol. The van der Waals surface area contributed by atoms with Crippen LogP contribution >= 0.6 is 0 Å². The van der Waals surface area contributed by atoms with E-state index in [4.69, 9.17) is 23.7 Å². The van der Waals surface area contributed by atoms with Crippen molar-refractivity contribution in [3.05, 3.63) is 12.2 Å². The summed E-state index contributed by atoms with van der Waals surface area (Å²) in [4.78, 5) is 11.1. The van der Waals surface area contributed by atoms with Crippen molar-refractivity contribution in [2.24, 2.45) is 0 Å². The van der Waals surface area contributed by atoms with Crippen LogP contribution in [-0.2, 0) is 28.5 Å². The molecule has 0 aromatic carbocycles. The van der Waals surface area contributed by atoms with Gasteiger partial charge < -0.3 is 23.7 Å². The Morgan fingerprint density at radius 2 is 1.73 bits per heavy atom. The van der Waals surface area contributed by atoms with E-state index in [2.05, 4.69) is 6.58 Å². The Morgan fingerprint density at radius 3 is 2.27 bits per heavy atom. The number of carbonyl (C=O) groups excluding carboxylic acids is 1. The number of hydrogen-bond acceptors (Lipinski definition) is 6. The van der Waals surface area contributed by atoms with E-state index in [0.29, 0.717) is 31.8 Å². The molecular weight excluding hydrogens is 288 g/mol. The fourth-order valence-electron chi connectivity index (χ4n) is 1.49. The lowest BCUT2D eigenvalue weighted by atomic mass is 10.3. The molecule has 0 fully saturated rings. The molecule has 0 spiro atoms. The summed E-state index contributed by atoms with van der Waals surface area (Å²) >= 11 is 0. The maximum absolute atomic E-state index is 11.1. The highest BCUT2D eigenvalue weighted by molar-refractivity contribution is 5.86. The lowest BCUT2D eigenvalue weighted by Gasteiger charge is -2.23. The molecule has 2 unspecified atom stereocenters. The smallest absolute Gasteiger partial charge is 0.333 e. The van der Waals surface area contributed by atoms with Crippen LogP contribution in [0.5, 0.6) is 0 Å². The molecule has 0 aliphatic carbocycles. The lowest BCUT2D eigenvalue weighted by molar-refractivity contribution is -0.183. The summed E-state index contributed by atoms with van der Waals surface area (Å²) in [7, 11) is 1.66. The molecule has 0 radical (unpaired) electrons. The first-order valence-electron chi connectivity index (χ1n) is 7.57. The molecule has 0 rings (SSSR count).